The standard InChI is InChI=1S/C12H19N5O2/c1-19-7-6-16-17(11-4-2-3-5-15-11)12(14)10(8-13)9-18/h2-5,8,14,16,18H,6-7,9,13H2,1H3/b10-8-,14-12?. The number of pyridine rings is 1. The molecule has 0 aromatic carbocycles. The molecule has 19 heavy (non-hydrogen) atoms. The number of ether oxygens (including phenoxy) is 1. The maximum atomic E-state index is 9.18. The number of nitrogens with zero attached hydrogens (tertiary/aromatic N) is 2. The van der Waals surface area contributed by atoms with Crippen LogP contribution in [-0.4, -0.2) is 42.8 Å². The number of amidine groups is 1. The number of aromatic nitrogens is 1. The molecule has 104 valence electrons. The van der Waals surface area contributed by atoms with Gasteiger partial charge in [-0.15, -0.1) is 0 Å². The normalized spacial score (nSPS) is 11.4. The Morgan fingerprint density at radius 1 is 1.63 bits per heavy atom. The average molecular weight is 265 g/mol. The zero-order chi connectivity index (χ0) is 14.1. The molecular weight excluding hydrogens is 246 g/mol. The van der Waals surface area contributed by atoms with Crippen molar-refractivity contribution in [2.24, 2.45) is 5.73 Å². The van der Waals surface area contributed by atoms with Crippen molar-refractivity contribution < 1.29 is 9.84 Å². The molecule has 0 unspecified atom stereocenters. The monoisotopic (exact) mass is 265 g/mol. The molecule has 0 aliphatic rings. The van der Waals surface area contributed by atoms with Gasteiger partial charge in [0, 0.05) is 31.6 Å². The molecule has 0 atom stereocenters. The molecule has 0 radical (unpaired) electrons. The van der Waals surface area contributed by atoms with E-state index in [9.17, 15) is 5.11 Å². The number of rotatable bonds is 7. The minimum Gasteiger partial charge on any atom is -0.404 e. The minimum absolute atomic E-state index is 0.0415. The number of nitrogens with one attached hydrogen (secondary N) is 2. The quantitative estimate of drug-likeness (QED) is 0.236. The lowest BCUT2D eigenvalue weighted by Crippen LogP contribution is -2.46. The highest BCUT2D eigenvalue weighted by Crippen LogP contribution is 2.10. The van der Waals surface area contributed by atoms with Gasteiger partial charge in [0.15, 0.2) is 0 Å². The Labute approximate surface area is 112 Å². The van der Waals surface area contributed by atoms with E-state index in [0.29, 0.717) is 24.5 Å². The molecule has 7 nitrogen and oxygen atoms in total. The van der Waals surface area contributed by atoms with E-state index in [-0.39, 0.29) is 12.4 Å². The lowest BCUT2D eigenvalue weighted by atomic mass is 10.2. The van der Waals surface area contributed by atoms with Gasteiger partial charge in [-0.3, -0.25) is 5.41 Å². The van der Waals surface area contributed by atoms with Gasteiger partial charge in [0.25, 0.3) is 0 Å². The minimum atomic E-state index is -0.315. The van der Waals surface area contributed by atoms with Gasteiger partial charge in [-0.25, -0.2) is 15.4 Å². The Morgan fingerprint density at radius 3 is 2.95 bits per heavy atom. The van der Waals surface area contributed by atoms with Gasteiger partial charge in [-0.1, -0.05) is 6.07 Å². The van der Waals surface area contributed by atoms with E-state index in [0.717, 1.165) is 0 Å². The summed E-state index contributed by atoms with van der Waals surface area (Å²) in [4.78, 5) is 4.16. The first-order valence-electron chi connectivity index (χ1n) is 5.78. The third-order valence-electron chi connectivity index (χ3n) is 2.35. The van der Waals surface area contributed by atoms with E-state index in [1.54, 1.807) is 25.4 Å². The van der Waals surface area contributed by atoms with E-state index in [4.69, 9.17) is 15.9 Å². The van der Waals surface area contributed by atoms with Gasteiger partial charge < -0.3 is 15.6 Å². The number of hydrazine groups is 1. The van der Waals surface area contributed by atoms with Crippen LogP contribution in [0.15, 0.2) is 36.2 Å². The fourth-order valence-corrected chi connectivity index (χ4v) is 1.37. The number of hydrogen-bond donors (Lipinski definition) is 4. The lowest BCUT2D eigenvalue weighted by Gasteiger charge is -2.25. The van der Waals surface area contributed by atoms with E-state index >= 15 is 0 Å². The molecule has 0 aliphatic heterocycles. The molecule has 1 rings (SSSR count). The molecule has 5 N–H and O–H groups in total. The summed E-state index contributed by atoms with van der Waals surface area (Å²) < 4.78 is 4.95. The predicted molar refractivity (Wildman–Crippen MR) is 73.7 cm³/mol. The second-order valence-corrected chi connectivity index (χ2v) is 3.62. The maximum absolute atomic E-state index is 9.18. The molecule has 0 fully saturated rings. The van der Waals surface area contributed by atoms with Crippen molar-refractivity contribution >= 4 is 11.7 Å². The van der Waals surface area contributed by atoms with E-state index in [1.165, 1.54) is 11.2 Å². The van der Waals surface area contributed by atoms with Crippen LogP contribution >= 0.6 is 0 Å². The van der Waals surface area contributed by atoms with Crippen LogP contribution in [0.5, 0.6) is 0 Å². The van der Waals surface area contributed by atoms with Crippen LogP contribution in [0.2, 0.25) is 0 Å². The Bertz CT molecular complexity index is 421. The summed E-state index contributed by atoms with van der Waals surface area (Å²) >= 11 is 0. The Morgan fingerprint density at radius 2 is 2.42 bits per heavy atom. The number of hydrogen-bond acceptors (Lipinski definition) is 6. The number of methoxy groups -OCH3 is 1. The van der Waals surface area contributed by atoms with E-state index in [1.807, 2.05) is 6.07 Å². The molecule has 1 aromatic heterocycles. The maximum Gasteiger partial charge on any atom is 0.148 e. The zero-order valence-corrected chi connectivity index (χ0v) is 10.8. The van der Waals surface area contributed by atoms with Crippen molar-refractivity contribution in [2.75, 3.05) is 31.9 Å². The van der Waals surface area contributed by atoms with Crippen molar-refractivity contribution in [3.05, 3.63) is 36.2 Å². The molecular formula is C12H19N5O2. The second-order valence-electron chi connectivity index (χ2n) is 3.62. The summed E-state index contributed by atoms with van der Waals surface area (Å²) in [5, 5.41) is 18.7. The van der Waals surface area contributed by atoms with Crippen molar-refractivity contribution in [3.63, 3.8) is 0 Å². The van der Waals surface area contributed by atoms with Crippen LogP contribution < -0.4 is 16.2 Å². The van der Waals surface area contributed by atoms with Crippen LogP contribution in [0.3, 0.4) is 0 Å². The lowest BCUT2D eigenvalue weighted by molar-refractivity contribution is 0.200. The van der Waals surface area contributed by atoms with Gasteiger partial charge in [-0.05, 0) is 12.1 Å². The third-order valence-corrected chi connectivity index (χ3v) is 2.35. The molecule has 0 saturated carbocycles. The first-order valence-corrected chi connectivity index (χ1v) is 5.78. The number of aliphatic hydroxyl groups is 1. The summed E-state index contributed by atoms with van der Waals surface area (Å²) in [6.07, 6.45) is 2.83. The van der Waals surface area contributed by atoms with Crippen LogP contribution in [0.1, 0.15) is 0 Å². The zero-order valence-electron chi connectivity index (χ0n) is 10.8. The summed E-state index contributed by atoms with van der Waals surface area (Å²) in [5.74, 6) is 0.580. The van der Waals surface area contributed by atoms with Gasteiger partial charge in [0.05, 0.1) is 13.2 Å². The molecule has 0 aliphatic carbocycles. The molecule has 0 spiro atoms. The first-order chi connectivity index (χ1) is 9.24. The number of aliphatic hydroxyl groups excluding tert-OH is 1. The fourth-order valence-electron chi connectivity index (χ4n) is 1.37. The SMILES string of the molecule is COCCNN(C(=N)/C(=C\N)CO)c1ccccn1. The van der Waals surface area contributed by atoms with Crippen molar-refractivity contribution in [3.8, 4) is 0 Å². The third kappa shape index (κ3) is 4.32. The van der Waals surface area contributed by atoms with Crippen LogP contribution in [-0.2, 0) is 4.74 Å². The topological polar surface area (TPSA) is 107 Å². The van der Waals surface area contributed by atoms with Crippen LogP contribution in [0.4, 0.5) is 5.82 Å². The van der Waals surface area contributed by atoms with E-state index in [2.05, 4.69) is 10.4 Å². The highest BCUT2D eigenvalue weighted by molar-refractivity contribution is 6.06. The smallest absolute Gasteiger partial charge is 0.148 e. The number of nitrogens with two attached hydrogens (primary N) is 1. The molecule has 1 aromatic rings. The highest BCUT2D eigenvalue weighted by Gasteiger charge is 2.16. The van der Waals surface area contributed by atoms with Crippen molar-refractivity contribution in [1.29, 1.82) is 5.41 Å². The van der Waals surface area contributed by atoms with Crippen LogP contribution in [0.25, 0.3) is 0 Å². The molecule has 0 bridgehead atoms. The first kappa shape index (κ1) is 15.1. The summed E-state index contributed by atoms with van der Waals surface area (Å²) in [5.41, 5.74) is 8.69. The fraction of sp³-hybridized carbons (Fsp3) is 0.333. The number of anilines is 1. The summed E-state index contributed by atoms with van der Waals surface area (Å²) in [7, 11) is 1.59. The van der Waals surface area contributed by atoms with Gasteiger partial charge in [0.1, 0.15) is 11.7 Å². The van der Waals surface area contributed by atoms with Crippen molar-refractivity contribution in [2.45, 2.75) is 0 Å². The van der Waals surface area contributed by atoms with Gasteiger partial charge in [0.2, 0.25) is 0 Å². The largest absolute Gasteiger partial charge is 0.404 e. The molecule has 7 heteroatoms. The molecule has 1 heterocycles. The predicted octanol–water partition coefficient (Wildman–Crippen LogP) is -0.149. The Balaban J connectivity index is 2.89. The van der Waals surface area contributed by atoms with Gasteiger partial charge in [-0.2, -0.15) is 0 Å². The summed E-state index contributed by atoms with van der Waals surface area (Å²) in [6, 6.07) is 5.34. The van der Waals surface area contributed by atoms with Crippen LogP contribution in [0, 0.1) is 5.41 Å². The Hall–Kier alpha value is -1.96. The molecule has 0 saturated heterocycles. The van der Waals surface area contributed by atoms with E-state index < -0.39 is 0 Å². The molecule has 0 amide bonds. The van der Waals surface area contributed by atoms with Gasteiger partial charge >= 0.3 is 0 Å². The average Bonchev–Trinajstić information content (AvgIpc) is 2.46. The Kier molecular flexibility index (Phi) is 6.51. The highest BCUT2D eigenvalue weighted by atomic mass is 16.5. The second kappa shape index (κ2) is 8.20. The van der Waals surface area contributed by atoms with Crippen molar-refractivity contribution in [1.82, 2.24) is 10.4 Å². The summed E-state index contributed by atoms with van der Waals surface area (Å²) in [6.45, 7) is 0.667.